The third-order valence-electron chi connectivity index (χ3n) is 5.28. The Kier molecular flexibility index (Phi) is 11.8. The Hall–Kier alpha value is -2.25. The lowest BCUT2D eigenvalue weighted by molar-refractivity contribution is -0.137. The Bertz CT molecular complexity index is 711. The predicted molar refractivity (Wildman–Crippen MR) is 118 cm³/mol. The number of aliphatic carboxylic acids is 1. The SMILES string of the molecule is CC.CC#CCCC(O)/C=C/C1CCC[C@@H]1c1cccc(CCCC(=O)O)c1O. The van der Waals surface area contributed by atoms with E-state index in [9.17, 15) is 15.0 Å². The summed E-state index contributed by atoms with van der Waals surface area (Å²) in [5.74, 6) is 5.84. The maximum absolute atomic E-state index is 10.7. The van der Waals surface area contributed by atoms with Gasteiger partial charge in [0.15, 0.2) is 0 Å². The van der Waals surface area contributed by atoms with Crippen LogP contribution in [0.2, 0.25) is 0 Å². The van der Waals surface area contributed by atoms with Crippen LogP contribution in [0, 0.1) is 17.8 Å². The Balaban J connectivity index is 0.00000204. The molecule has 0 saturated heterocycles. The molecule has 1 aromatic carbocycles. The number of phenols is 1. The number of aryl methyl sites for hydroxylation is 1. The number of rotatable bonds is 9. The molecule has 4 nitrogen and oxygen atoms in total. The number of aliphatic hydroxyl groups is 1. The van der Waals surface area contributed by atoms with Crippen LogP contribution in [0.1, 0.15) is 82.8 Å². The van der Waals surface area contributed by atoms with Crippen molar-refractivity contribution in [3.05, 3.63) is 41.5 Å². The van der Waals surface area contributed by atoms with Gasteiger partial charge < -0.3 is 15.3 Å². The van der Waals surface area contributed by atoms with Gasteiger partial charge in [-0.1, -0.05) is 50.6 Å². The number of aliphatic hydroxyl groups excluding tert-OH is 1. The summed E-state index contributed by atoms with van der Waals surface area (Å²) in [6.07, 6.45) is 9.16. The molecule has 1 fully saturated rings. The average molecular weight is 401 g/mol. The Morgan fingerprint density at radius 1 is 1.31 bits per heavy atom. The number of carboxylic acids is 1. The number of para-hydroxylation sites is 1. The molecule has 160 valence electrons. The van der Waals surface area contributed by atoms with Crippen molar-refractivity contribution in [2.75, 3.05) is 0 Å². The fourth-order valence-electron chi connectivity index (χ4n) is 3.86. The van der Waals surface area contributed by atoms with Gasteiger partial charge >= 0.3 is 5.97 Å². The third-order valence-corrected chi connectivity index (χ3v) is 5.28. The minimum Gasteiger partial charge on any atom is -0.507 e. The number of carboxylic acid groups (broad SMARTS) is 1. The monoisotopic (exact) mass is 400 g/mol. The van der Waals surface area contributed by atoms with E-state index in [1.165, 1.54) is 0 Å². The second kappa shape index (κ2) is 13.8. The van der Waals surface area contributed by atoms with Gasteiger partial charge in [-0.2, -0.15) is 0 Å². The minimum absolute atomic E-state index is 0.110. The molecule has 1 saturated carbocycles. The normalized spacial score (nSPS) is 19.2. The number of aromatic hydroxyl groups is 1. The highest BCUT2D eigenvalue weighted by atomic mass is 16.4. The van der Waals surface area contributed by atoms with Crippen LogP contribution in [-0.4, -0.2) is 27.4 Å². The van der Waals surface area contributed by atoms with Crippen molar-refractivity contribution >= 4 is 5.97 Å². The van der Waals surface area contributed by atoms with Crippen LogP contribution in [0.4, 0.5) is 0 Å². The van der Waals surface area contributed by atoms with E-state index in [0.717, 1.165) is 30.4 Å². The van der Waals surface area contributed by atoms with Crippen molar-refractivity contribution in [1.29, 1.82) is 0 Å². The minimum atomic E-state index is -0.810. The fraction of sp³-hybridized carbons (Fsp3) is 0.560. The predicted octanol–water partition coefficient (Wildman–Crippen LogP) is 5.43. The molecule has 0 bridgehead atoms. The zero-order valence-electron chi connectivity index (χ0n) is 18.0. The van der Waals surface area contributed by atoms with E-state index in [1.54, 1.807) is 6.92 Å². The van der Waals surface area contributed by atoms with Gasteiger partial charge in [-0.25, -0.2) is 0 Å². The van der Waals surface area contributed by atoms with Crippen molar-refractivity contribution in [2.45, 2.75) is 84.2 Å². The molecule has 3 atom stereocenters. The lowest BCUT2D eigenvalue weighted by Crippen LogP contribution is -2.07. The molecular formula is C25H36O4. The van der Waals surface area contributed by atoms with Crippen LogP contribution in [0.15, 0.2) is 30.4 Å². The summed E-state index contributed by atoms with van der Waals surface area (Å²) in [4.78, 5) is 10.7. The number of hydrogen-bond acceptors (Lipinski definition) is 3. The van der Waals surface area contributed by atoms with Gasteiger partial charge in [-0.3, -0.25) is 4.79 Å². The molecule has 1 aliphatic carbocycles. The van der Waals surface area contributed by atoms with E-state index < -0.39 is 12.1 Å². The van der Waals surface area contributed by atoms with Crippen LogP contribution in [0.25, 0.3) is 0 Å². The van der Waals surface area contributed by atoms with E-state index >= 15 is 0 Å². The quantitative estimate of drug-likeness (QED) is 0.381. The molecule has 1 aliphatic rings. The average Bonchev–Trinajstić information content (AvgIpc) is 3.17. The van der Waals surface area contributed by atoms with Gasteiger partial charge in [0.25, 0.3) is 0 Å². The molecule has 1 aromatic rings. The number of phenolic OH excluding ortho intramolecular Hbond substituents is 1. The van der Waals surface area contributed by atoms with E-state index in [1.807, 2.05) is 38.1 Å². The van der Waals surface area contributed by atoms with Gasteiger partial charge in [0, 0.05) is 12.8 Å². The maximum atomic E-state index is 10.7. The van der Waals surface area contributed by atoms with E-state index in [4.69, 9.17) is 5.11 Å². The van der Waals surface area contributed by atoms with E-state index in [-0.39, 0.29) is 12.3 Å². The van der Waals surface area contributed by atoms with Crippen molar-refractivity contribution in [3.63, 3.8) is 0 Å². The van der Waals surface area contributed by atoms with E-state index in [0.29, 0.717) is 37.4 Å². The highest BCUT2D eigenvalue weighted by Crippen LogP contribution is 2.44. The molecule has 0 spiro atoms. The largest absolute Gasteiger partial charge is 0.507 e. The fourth-order valence-corrected chi connectivity index (χ4v) is 3.86. The lowest BCUT2D eigenvalue weighted by atomic mass is 9.86. The molecule has 4 heteroatoms. The highest BCUT2D eigenvalue weighted by Gasteiger charge is 2.29. The van der Waals surface area contributed by atoms with Gasteiger partial charge in [-0.15, -0.1) is 11.8 Å². The summed E-state index contributed by atoms with van der Waals surface area (Å²) >= 11 is 0. The first-order valence-electron chi connectivity index (χ1n) is 10.8. The Labute approximate surface area is 175 Å². The number of carbonyl (C=O) groups is 1. The Morgan fingerprint density at radius 3 is 2.76 bits per heavy atom. The highest BCUT2D eigenvalue weighted by molar-refractivity contribution is 5.66. The molecule has 2 rings (SSSR count). The van der Waals surface area contributed by atoms with Crippen molar-refractivity contribution in [1.82, 2.24) is 0 Å². The molecule has 3 N–H and O–H groups in total. The number of hydrogen-bond donors (Lipinski definition) is 3. The van der Waals surface area contributed by atoms with Crippen LogP contribution in [0.3, 0.4) is 0 Å². The summed E-state index contributed by atoms with van der Waals surface area (Å²) in [5, 5.41) is 29.6. The first-order valence-corrected chi connectivity index (χ1v) is 10.8. The molecule has 0 aromatic heterocycles. The van der Waals surface area contributed by atoms with Crippen molar-refractivity contribution in [2.24, 2.45) is 5.92 Å². The molecular weight excluding hydrogens is 364 g/mol. The molecule has 2 unspecified atom stereocenters. The van der Waals surface area contributed by atoms with Gasteiger partial charge in [0.2, 0.25) is 0 Å². The zero-order valence-corrected chi connectivity index (χ0v) is 18.0. The third kappa shape index (κ3) is 8.33. The summed E-state index contributed by atoms with van der Waals surface area (Å²) in [6, 6.07) is 5.79. The number of allylic oxidation sites excluding steroid dienone is 1. The second-order valence-corrected chi connectivity index (χ2v) is 7.22. The zero-order chi connectivity index (χ0) is 21.6. The van der Waals surface area contributed by atoms with Crippen LogP contribution in [-0.2, 0) is 11.2 Å². The summed E-state index contributed by atoms with van der Waals surface area (Å²) in [5.41, 5.74) is 1.77. The summed E-state index contributed by atoms with van der Waals surface area (Å²) < 4.78 is 0. The summed E-state index contributed by atoms with van der Waals surface area (Å²) in [7, 11) is 0. The molecule has 29 heavy (non-hydrogen) atoms. The number of benzene rings is 1. The first kappa shape index (κ1) is 24.8. The second-order valence-electron chi connectivity index (χ2n) is 7.22. The van der Waals surface area contributed by atoms with Crippen molar-refractivity contribution < 1.29 is 20.1 Å². The first-order chi connectivity index (χ1) is 14.0. The van der Waals surface area contributed by atoms with Crippen LogP contribution in [0.5, 0.6) is 5.75 Å². The van der Waals surface area contributed by atoms with Crippen LogP contribution >= 0.6 is 0 Å². The molecule has 0 amide bonds. The smallest absolute Gasteiger partial charge is 0.303 e. The van der Waals surface area contributed by atoms with Crippen LogP contribution < -0.4 is 0 Å². The molecule has 0 aliphatic heterocycles. The van der Waals surface area contributed by atoms with Crippen molar-refractivity contribution in [3.8, 4) is 17.6 Å². The van der Waals surface area contributed by atoms with Gasteiger partial charge in [-0.05, 0) is 62.0 Å². The molecule has 0 radical (unpaired) electrons. The summed E-state index contributed by atoms with van der Waals surface area (Å²) in [6.45, 7) is 5.80. The standard InChI is InChI=1S/C23H30O4.C2H6/c1-2-3-4-11-19(24)16-15-17-8-5-12-20(17)21-13-6-9-18(23(21)27)10-7-14-22(25)26;1-2/h6,9,13,15-17,19-20,24,27H,4-5,7-8,10-12,14H2,1H3,(H,25,26);1-2H3/b16-15+;/t17?,19?,20-;/m0./s1. The Morgan fingerprint density at radius 2 is 2.07 bits per heavy atom. The maximum Gasteiger partial charge on any atom is 0.303 e. The van der Waals surface area contributed by atoms with Gasteiger partial charge in [0.05, 0.1) is 6.10 Å². The van der Waals surface area contributed by atoms with Gasteiger partial charge in [0.1, 0.15) is 5.75 Å². The lowest BCUT2D eigenvalue weighted by Gasteiger charge is -2.20. The molecule has 0 heterocycles. The topological polar surface area (TPSA) is 77.8 Å². The van der Waals surface area contributed by atoms with E-state index in [2.05, 4.69) is 17.9 Å².